The molecule has 1 heterocycles. The Balaban J connectivity index is 0.00000121. The van der Waals surface area contributed by atoms with Crippen molar-refractivity contribution in [2.45, 2.75) is 38.5 Å². The molecule has 0 amide bonds. The van der Waals surface area contributed by atoms with E-state index in [1.165, 1.54) is 31.6 Å². The Morgan fingerprint density at radius 3 is 2.83 bits per heavy atom. The van der Waals surface area contributed by atoms with Crippen molar-refractivity contribution in [3.05, 3.63) is 0 Å². The molecule has 2 unspecified atom stereocenters. The first kappa shape index (κ1) is 12.6. The molecule has 1 N–H and O–H groups in total. The Morgan fingerprint density at radius 1 is 1.58 bits per heavy atom. The second-order valence-electron chi connectivity index (χ2n) is 3.37. The SMILES string of the molecule is CCCC(C)C1NCCCS1.Cl. The fourth-order valence-electron chi connectivity index (χ4n) is 1.56. The van der Waals surface area contributed by atoms with Crippen molar-refractivity contribution in [1.82, 2.24) is 5.32 Å². The van der Waals surface area contributed by atoms with Gasteiger partial charge in [0.25, 0.3) is 0 Å². The lowest BCUT2D eigenvalue weighted by atomic mass is 10.1. The van der Waals surface area contributed by atoms with Crippen molar-refractivity contribution in [2.75, 3.05) is 12.3 Å². The summed E-state index contributed by atoms with van der Waals surface area (Å²) in [7, 11) is 0. The molecule has 12 heavy (non-hydrogen) atoms. The van der Waals surface area contributed by atoms with Gasteiger partial charge in [-0.3, -0.25) is 0 Å². The fraction of sp³-hybridized carbons (Fsp3) is 1.00. The summed E-state index contributed by atoms with van der Waals surface area (Å²) >= 11 is 2.10. The van der Waals surface area contributed by atoms with E-state index in [0.29, 0.717) is 0 Å². The van der Waals surface area contributed by atoms with E-state index < -0.39 is 0 Å². The maximum atomic E-state index is 3.57. The first-order valence-corrected chi connectivity index (χ1v) is 5.74. The van der Waals surface area contributed by atoms with E-state index in [1.807, 2.05) is 0 Å². The molecule has 0 spiro atoms. The smallest absolute Gasteiger partial charge is 0.0558 e. The van der Waals surface area contributed by atoms with Crippen molar-refractivity contribution in [2.24, 2.45) is 5.92 Å². The van der Waals surface area contributed by atoms with Crippen LogP contribution in [0.5, 0.6) is 0 Å². The summed E-state index contributed by atoms with van der Waals surface area (Å²) in [6.07, 6.45) is 4.03. The molecule has 0 saturated carbocycles. The fourth-order valence-corrected chi connectivity index (χ4v) is 2.82. The second kappa shape index (κ2) is 7.05. The van der Waals surface area contributed by atoms with E-state index in [0.717, 1.165) is 11.3 Å². The third-order valence-corrected chi connectivity index (χ3v) is 3.74. The van der Waals surface area contributed by atoms with E-state index in [2.05, 4.69) is 30.9 Å². The van der Waals surface area contributed by atoms with Gasteiger partial charge in [0.1, 0.15) is 0 Å². The molecule has 1 aliphatic rings. The first-order valence-electron chi connectivity index (χ1n) is 4.69. The zero-order valence-electron chi connectivity index (χ0n) is 8.01. The lowest BCUT2D eigenvalue weighted by Crippen LogP contribution is -2.36. The molecular formula is C9H20ClNS. The number of rotatable bonds is 3. The molecule has 3 heteroatoms. The minimum absolute atomic E-state index is 0. The van der Waals surface area contributed by atoms with Gasteiger partial charge in [0.2, 0.25) is 0 Å². The van der Waals surface area contributed by atoms with Gasteiger partial charge in [-0.05, 0) is 31.1 Å². The van der Waals surface area contributed by atoms with Gasteiger partial charge in [0, 0.05) is 0 Å². The van der Waals surface area contributed by atoms with Gasteiger partial charge < -0.3 is 5.32 Å². The number of thioether (sulfide) groups is 1. The Bertz CT molecular complexity index is 105. The van der Waals surface area contributed by atoms with Gasteiger partial charge in [-0.1, -0.05) is 20.3 Å². The Morgan fingerprint density at radius 2 is 2.33 bits per heavy atom. The van der Waals surface area contributed by atoms with E-state index in [-0.39, 0.29) is 12.4 Å². The average molecular weight is 210 g/mol. The van der Waals surface area contributed by atoms with Crippen LogP contribution in [0.4, 0.5) is 0 Å². The average Bonchev–Trinajstić information content (AvgIpc) is 2.07. The van der Waals surface area contributed by atoms with Crippen LogP contribution in [-0.4, -0.2) is 17.7 Å². The number of hydrogen-bond acceptors (Lipinski definition) is 2. The zero-order chi connectivity index (χ0) is 8.10. The van der Waals surface area contributed by atoms with Crippen LogP contribution < -0.4 is 5.32 Å². The van der Waals surface area contributed by atoms with Crippen LogP contribution in [-0.2, 0) is 0 Å². The Kier molecular flexibility index (Phi) is 7.40. The van der Waals surface area contributed by atoms with Gasteiger partial charge in [-0.15, -0.1) is 24.2 Å². The van der Waals surface area contributed by atoms with Crippen molar-refractivity contribution in [3.63, 3.8) is 0 Å². The molecule has 1 saturated heterocycles. The largest absolute Gasteiger partial charge is 0.305 e. The van der Waals surface area contributed by atoms with Crippen LogP contribution in [0.25, 0.3) is 0 Å². The predicted octanol–water partition coefficient (Wildman–Crippen LogP) is 2.90. The standard InChI is InChI=1S/C9H19NS.ClH/c1-3-5-8(2)9-10-6-4-7-11-9;/h8-10H,3-7H2,1-2H3;1H. The van der Waals surface area contributed by atoms with Crippen LogP contribution >= 0.6 is 24.2 Å². The van der Waals surface area contributed by atoms with Gasteiger partial charge in [0.05, 0.1) is 5.37 Å². The van der Waals surface area contributed by atoms with Crippen molar-refractivity contribution < 1.29 is 0 Å². The van der Waals surface area contributed by atoms with E-state index in [1.54, 1.807) is 0 Å². The van der Waals surface area contributed by atoms with Crippen LogP contribution in [0.15, 0.2) is 0 Å². The monoisotopic (exact) mass is 209 g/mol. The molecule has 1 nitrogen and oxygen atoms in total. The minimum Gasteiger partial charge on any atom is -0.305 e. The molecule has 0 aromatic carbocycles. The Labute approximate surface area is 86.5 Å². The van der Waals surface area contributed by atoms with E-state index in [4.69, 9.17) is 0 Å². The highest BCUT2D eigenvalue weighted by atomic mass is 35.5. The third kappa shape index (κ3) is 4.01. The van der Waals surface area contributed by atoms with Crippen LogP contribution in [0.2, 0.25) is 0 Å². The van der Waals surface area contributed by atoms with E-state index >= 15 is 0 Å². The highest BCUT2D eigenvalue weighted by Gasteiger charge is 2.18. The highest BCUT2D eigenvalue weighted by molar-refractivity contribution is 7.99. The van der Waals surface area contributed by atoms with Crippen LogP contribution in [0.3, 0.4) is 0 Å². The predicted molar refractivity (Wildman–Crippen MR) is 60.2 cm³/mol. The molecule has 0 bridgehead atoms. The third-order valence-electron chi connectivity index (χ3n) is 2.22. The summed E-state index contributed by atoms with van der Waals surface area (Å²) in [6, 6.07) is 0. The molecule has 0 aromatic heterocycles. The molecule has 74 valence electrons. The molecule has 2 atom stereocenters. The van der Waals surface area contributed by atoms with Crippen molar-refractivity contribution in [3.8, 4) is 0 Å². The lowest BCUT2D eigenvalue weighted by molar-refractivity contribution is 0.438. The lowest BCUT2D eigenvalue weighted by Gasteiger charge is -2.28. The molecule has 1 fully saturated rings. The van der Waals surface area contributed by atoms with Gasteiger partial charge in [0.15, 0.2) is 0 Å². The number of halogens is 1. The van der Waals surface area contributed by atoms with Crippen LogP contribution in [0.1, 0.15) is 33.1 Å². The van der Waals surface area contributed by atoms with Crippen molar-refractivity contribution >= 4 is 24.2 Å². The van der Waals surface area contributed by atoms with Gasteiger partial charge >= 0.3 is 0 Å². The quantitative estimate of drug-likeness (QED) is 0.768. The highest BCUT2D eigenvalue weighted by Crippen LogP contribution is 2.24. The molecule has 0 aromatic rings. The van der Waals surface area contributed by atoms with Crippen molar-refractivity contribution in [1.29, 1.82) is 0 Å². The summed E-state index contributed by atoms with van der Waals surface area (Å²) < 4.78 is 0. The van der Waals surface area contributed by atoms with Gasteiger partial charge in [-0.25, -0.2) is 0 Å². The molecule has 1 aliphatic heterocycles. The summed E-state index contributed by atoms with van der Waals surface area (Å²) in [5, 5.41) is 4.31. The molecule has 1 rings (SSSR count). The van der Waals surface area contributed by atoms with Crippen LogP contribution in [0, 0.1) is 5.92 Å². The zero-order valence-corrected chi connectivity index (χ0v) is 9.64. The summed E-state index contributed by atoms with van der Waals surface area (Å²) in [4.78, 5) is 0. The summed E-state index contributed by atoms with van der Waals surface area (Å²) in [6.45, 7) is 5.86. The molecule has 0 aliphatic carbocycles. The summed E-state index contributed by atoms with van der Waals surface area (Å²) in [5.74, 6) is 2.21. The van der Waals surface area contributed by atoms with E-state index in [9.17, 15) is 0 Å². The first-order chi connectivity index (χ1) is 5.34. The van der Waals surface area contributed by atoms with Gasteiger partial charge in [-0.2, -0.15) is 0 Å². The maximum Gasteiger partial charge on any atom is 0.0558 e. The minimum atomic E-state index is 0. The molecular weight excluding hydrogens is 190 g/mol. The number of hydrogen-bond donors (Lipinski definition) is 1. The maximum absolute atomic E-state index is 3.57. The second-order valence-corrected chi connectivity index (χ2v) is 4.61. The Hall–Kier alpha value is 0.600. The topological polar surface area (TPSA) is 12.0 Å². The molecule has 0 radical (unpaired) electrons. The normalized spacial score (nSPS) is 26.0. The number of nitrogens with one attached hydrogen (secondary N) is 1. The summed E-state index contributed by atoms with van der Waals surface area (Å²) in [5.41, 5.74) is 0.